The Bertz CT molecular complexity index is 1110. The first kappa shape index (κ1) is 19.6. The molecule has 0 fully saturated rings. The Morgan fingerprint density at radius 3 is 2.32 bits per heavy atom. The van der Waals surface area contributed by atoms with Crippen LogP contribution in [0.3, 0.4) is 0 Å². The third-order valence-corrected chi connectivity index (χ3v) is 9.03. The molecule has 0 N–H and O–H groups in total. The second-order valence-corrected chi connectivity index (χ2v) is 10.3. The van der Waals surface area contributed by atoms with E-state index >= 15 is 0 Å². The maximum Gasteiger partial charge on any atom is 0.330 e. The zero-order valence-corrected chi connectivity index (χ0v) is 18.3. The Morgan fingerprint density at radius 1 is 1.00 bits per heavy atom. The van der Waals surface area contributed by atoms with Crippen molar-refractivity contribution >= 4 is 72.3 Å². The lowest BCUT2D eigenvalue weighted by Crippen LogP contribution is -2.17. The summed E-state index contributed by atoms with van der Waals surface area (Å²) >= 11 is 7.13. The van der Waals surface area contributed by atoms with Crippen LogP contribution in [0.4, 0.5) is 0 Å². The van der Waals surface area contributed by atoms with Crippen molar-refractivity contribution in [1.29, 1.82) is 0 Å². The molecular formula is C22H18O2S4. The van der Waals surface area contributed by atoms with Crippen molar-refractivity contribution in [2.24, 2.45) is 0 Å². The normalized spacial score (nSPS) is 12.3. The highest BCUT2D eigenvalue weighted by molar-refractivity contribution is 8.03. The van der Waals surface area contributed by atoms with Crippen LogP contribution < -0.4 is 0 Å². The van der Waals surface area contributed by atoms with Gasteiger partial charge in [-0.25, -0.2) is 4.79 Å². The summed E-state index contributed by atoms with van der Waals surface area (Å²) in [6.45, 7) is 3.86. The van der Waals surface area contributed by atoms with Gasteiger partial charge in [0.1, 0.15) is 6.61 Å². The largest absolute Gasteiger partial charge is 0.461 e. The van der Waals surface area contributed by atoms with Gasteiger partial charge < -0.3 is 4.74 Å². The smallest absolute Gasteiger partial charge is 0.330 e. The molecule has 0 spiro atoms. The molecule has 0 amide bonds. The van der Waals surface area contributed by atoms with Crippen molar-refractivity contribution in [2.45, 2.75) is 15.0 Å². The second kappa shape index (κ2) is 9.18. The molecule has 2 aromatic heterocycles. The first-order valence-electron chi connectivity index (χ1n) is 8.75. The zero-order chi connectivity index (χ0) is 19.3. The van der Waals surface area contributed by atoms with E-state index < -0.39 is 0 Å². The number of thioether (sulfide) groups is 2. The fourth-order valence-electron chi connectivity index (χ4n) is 2.85. The molecule has 0 bridgehead atoms. The number of hydrogen-bond acceptors (Lipinski definition) is 6. The summed E-state index contributed by atoms with van der Waals surface area (Å²) in [5.41, 5.74) is 0. The fraction of sp³-hybridized carbons (Fsp3) is 0.136. The van der Waals surface area contributed by atoms with E-state index in [1.807, 2.05) is 11.8 Å². The summed E-state index contributed by atoms with van der Waals surface area (Å²) in [4.78, 5) is 14.1. The van der Waals surface area contributed by atoms with Gasteiger partial charge in [-0.3, -0.25) is 0 Å². The number of carbonyl (C=O) groups excluding carboxylic acids is 1. The van der Waals surface area contributed by atoms with Gasteiger partial charge in [-0.05, 0) is 45.8 Å². The lowest BCUT2D eigenvalue weighted by atomic mass is 10.3. The van der Waals surface area contributed by atoms with Gasteiger partial charge >= 0.3 is 5.97 Å². The highest BCUT2D eigenvalue weighted by Gasteiger charge is 2.16. The van der Waals surface area contributed by atoms with Gasteiger partial charge in [0.05, 0.1) is 5.25 Å². The maximum atomic E-state index is 11.6. The summed E-state index contributed by atoms with van der Waals surface area (Å²) in [7, 11) is 0. The molecule has 0 saturated heterocycles. The lowest BCUT2D eigenvalue weighted by molar-refractivity contribution is -0.137. The number of benzene rings is 2. The molecule has 0 radical (unpaired) electrons. The van der Waals surface area contributed by atoms with E-state index in [-0.39, 0.29) is 11.2 Å². The Labute approximate surface area is 180 Å². The van der Waals surface area contributed by atoms with Crippen molar-refractivity contribution in [3.63, 3.8) is 0 Å². The first-order chi connectivity index (χ1) is 13.7. The van der Waals surface area contributed by atoms with E-state index in [0.29, 0.717) is 6.61 Å². The highest BCUT2D eigenvalue weighted by atomic mass is 32.2. The number of rotatable bonds is 8. The predicted molar refractivity (Wildman–Crippen MR) is 125 cm³/mol. The molecule has 1 unspecified atom stereocenters. The van der Waals surface area contributed by atoms with Gasteiger partial charge in [-0.2, -0.15) is 0 Å². The van der Waals surface area contributed by atoms with Crippen molar-refractivity contribution in [2.75, 3.05) is 12.4 Å². The third-order valence-electron chi connectivity index (χ3n) is 4.18. The molecule has 0 saturated carbocycles. The first-order valence-corrected chi connectivity index (χ1v) is 12.4. The molecule has 142 valence electrons. The van der Waals surface area contributed by atoms with Crippen LogP contribution in [-0.2, 0) is 9.53 Å². The molecule has 0 aliphatic rings. The summed E-state index contributed by atoms with van der Waals surface area (Å²) in [6.07, 6.45) is 1.22. The Morgan fingerprint density at radius 2 is 1.64 bits per heavy atom. The monoisotopic (exact) mass is 442 g/mol. The van der Waals surface area contributed by atoms with E-state index in [1.165, 1.54) is 36.0 Å². The van der Waals surface area contributed by atoms with Crippen LogP contribution in [0.15, 0.2) is 81.7 Å². The highest BCUT2D eigenvalue weighted by Crippen LogP contribution is 2.38. The fourth-order valence-corrected chi connectivity index (χ4v) is 7.31. The van der Waals surface area contributed by atoms with Crippen LogP contribution >= 0.6 is 46.2 Å². The molecule has 28 heavy (non-hydrogen) atoms. The minimum Gasteiger partial charge on any atom is -0.461 e. The Kier molecular flexibility index (Phi) is 6.42. The molecule has 2 aromatic carbocycles. The molecule has 2 heterocycles. The average molecular weight is 443 g/mol. The minimum absolute atomic E-state index is 0.150. The molecule has 0 aliphatic carbocycles. The van der Waals surface area contributed by atoms with E-state index in [4.69, 9.17) is 4.74 Å². The van der Waals surface area contributed by atoms with Crippen molar-refractivity contribution in [1.82, 2.24) is 0 Å². The Hall–Kier alpha value is -1.73. The van der Waals surface area contributed by atoms with Crippen molar-refractivity contribution in [3.8, 4) is 0 Å². The van der Waals surface area contributed by atoms with Gasteiger partial charge in [0.15, 0.2) is 0 Å². The van der Waals surface area contributed by atoms with Crippen LogP contribution in [0, 0.1) is 0 Å². The summed E-state index contributed by atoms with van der Waals surface area (Å²) in [6, 6.07) is 17.1. The van der Waals surface area contributed by atoms with Gasteiger partial charge in [-0.1, -0.05) is 30.8 Å². The van der Waals surface area contributed by atoms with E-state index in [1.54, 1.807) is 34.4 Å². The SMILES string of the molecule is C=CC(=O)OCC(CSc1cccc2ccsc12)Sc1cccc2ccsc12. The topological polar surface area (TPSA) is 26.3 Å². The van der Waals surface area contributed by atoms with Gasteiger partial charge in [0.25, 0.3) is 0 Å². The summed E-state index contributed by atoms with van der Waals surface area (Å²) < 4.78 is 8.00. The molecule has 0 aliphatic heterocycles. The predicted octanol–water partition coefficient (Wildman–Crippen LogP) is 7.10. The lowest BCUT2D eigenvalue weighted by Gasteiger charge is -2.17. The van der Waals surface area contributed by atoms with Gasteiger partial charge in [0, 0.05) is 31.0 Å². The molecule has 4 aromatic rings. The molecule has 6 heteroatoms. The number of esters is 1. The molecule has 4 rings (SSSR count). The number of thiophene rings is 2. The van der Waals surface area contributed by atoms with E-state index in [2.05, 4.69) is 65.9 Å². The average Bonchev–Trinajstić information content (AvgIpc) is 3.39. The van der Waals surface area contributed by atoms with Gasteiger partial charge in [-0.15, -0.1) is 46.2 Å². The van der Waals surface area contributed by atoms with E-state index in [0.717, 1.165) is 5.75 Å². The van der Waals surface area contributed by atoms with Crippen LogP contribution in [0.25, 0.3) is 20.2 Å². The minimum atomic E-state index is -0.370. The molecular weight excluding hydrogens is 425 g/mol. The van der Waals surface area contributed by atoms with Gasteiger partial charge in [0.2, 0.25) is 0 Å². The maximum absolute atomic E-state index is 11.6. The number of fused-ring (bicyclic) bond motifs is 2. The third kappa shape index (κ3) is 4.46. The van der Waals surface area contributed by atoms with Crippen LogP contribution in [-0.4, -0.2) is 23.6 Å². The quantitative estimate of drug-likeness (QED) is 0.165. The van der Waals surface area contributed by atoms with Crippen molar-refractivity contribution < 1.29 is 9.53 Å². The standard InChI is InChI=1S/C22H18O2S4/c1-2-20(23)24-13-17(28-19-8-4-6-16-10-12-26-22(16)19)14-27-18-7-3-5-15-9-11-25-21(15)18/h2-12,17H,1,13-14H2. The van der Waals surface area contributed by atoms with E-state index in [9.17, 15) is 4.79 Å². The molecule has 1 atom stereocenters. The number of hydrogen-bond donors (Lipinski definition) is 0. The Balaban J connectivity index is 1.53. The van der Waals surface area contributed by atoms with Crippen LogP contribution in [0.2, 0.25) is 0 Å². The number of ether oxygens (including phenoxy) is 1. The van der Waals surface area contributed by atoms with Crippen LogP contribution in [0.1, 0.15) is 0 Å². The zero-order valence-electron chi connectivity index (χ0n) is 15.0. The second-order valence-electron chi connectivity index (χ2n) is 6.08. The summed E-state index contributed by atoms with van der Waals surface area (Å²) in [5.74, 6) is 0.485. The van der Waals surface area contributed by atoms with Crippen LogP contribution in [0.5, 0.6) is 0 Å². The number of carbonyl (C=O) groups is 1. The summed E-state index contributed by atoms with van der Waals surface area (Å²) in [5, 5.41) is 6.93. The molecule has 2 nitrogen and oxygen atoms in total. The van der Waals surface area contributed by atoms with Crippen molar-refractivity contribution in [3.05, 3.63) is 71.9 Å².